The number of esters is 1. The predicted molar refractivity (Wildman–Crippen MR) is 103 cm³/mol. The largest absolute Gasteiger partial charge is 0.487 e. The maximum atomic E-state index is 12.4. The smallest absolute Gasteiger partial charge is 0.409 e. The maximum Gasteiger partial charge on any atom is 0.409 e. The molecule has 156 valence electrons. The molecular formula is C20H25N3O6. The Labute approximate surface area is 168 Å². The lowest BCUT2D eigenvalue weighted by Gasteiger charge is -2.31. The summed E-state index contributed by atoms with van der Waals surface area (Å²) in [6.45, 7) is 5.86. The van der Waals surface area contributed by atoms with Crippen molar-refractivity contribution in [2.24, 2.45) is 0 Å². The lowest BCUT2D eigenvalue weighted by atomic mass is 10.2. The van der Waals surface area contributed by atoms with E-state index in [4.69, 9.17) is 14.2 Å². The first-order valence-electron chi connectivity index (χ1n) is 9.39. The van der Waals surface area contributed by atoms with Crippen molar-refractivity contribution in [1.82, 2.24) is 14.7 Å². The Kier molecular flexibility index (Phi) is 6.07. The number of hydrogen-bond acceptors (Lipinski definition) is 6. The normalized spacial score (nSPS) is 17.9. The van der Waals surface area contributed by atoms with E-state index in [-0.39, 0.29) is 32.1 Å². The van der Waals surface area contributed by atoms with E-state index in [9.17, 15) is 14.7 Å². The van der Waals surface area contributed by atoms with E-state index in [1.165, 1.54) is 9.58 Å². The van der Waals surface area contributed by atoms with Crippen LogP contribution in [0.4, 0.5) is 4.79 Å². The molecule has 0 aliphatic carbocycles. The van der Waals surface area contributed by atoms with Gasteiger partial charge in [-0.3, -0.25) is 9.58 Å². The second kappa shape index (κ2) is 8.52. The molecule has 1 fully saturated rings. The van der Waals surface area contributed by atoms with Crippen molar-refractivity contribution < 1.29 is 28.9 Å². The fraction of sp³-hybridized carbons (Fsp3) is 0.450. The first-order chi connectivity index (χ1) is 13.8. The minimum absolute atomic E-state index is 0.162. The third-order valence-electron chi connectivity index (χ3n) is 4.61. The highest BCUT2D eigenvalue weighted by atomic mass is 16.5. The van der Waals surface area contributed by atoms with Gasteiger partial charge in [0.05, 0.1) is 25.8 Å². The number of carboxylic acid groups (broad SMARTS) is 1. The highest BCUT2D eigenvalue weighted by Gasteiger charge is 2.44. The molecule has 3 rings (SSSR count). The first kappa shape index (κ1) is 20.7. The molecule has 2 aromatic rings. The van der Waals surface area contributed by atoms with Crippen LogP contribution in [0, 0.1) is 0 Å². The Balaban J connectivity index is 1.81. The molecule has 0 saturated carbocycles. The molecule has 9 heteroatoms. The van der Waals surface area contributed by atoms with Gasteiger partial charge >= 0.3 is 12.1 Å². The van der Waals surface area contributed by atoms with E-state index >= 15 is 0 Å². The summed E-state index contributed by atoms with van der Waals surface area (Å²) in [6, 6.07) is 10.4. The van der Waals surface area contributed by atoms with E-state index in [2.05, 4.69) is 5.10 Å². The molecule has 0 bridgehead atoms. The second-order valence-electron chi connectivity index (χ2n) is 7.09. The van der Waals surface area contributed by atoms with Gasteiger partial charge < -0.3 is 19.3 Å². The van der Waals surface area contributed by atoms with E-state index in [1.54, 1.807) is 26.8 Å². The molecule has 9 nitrogen and oxygen atoms in total. The van der Waals surface area contributed by atoms with Crippen molar-refractivity contribution >= 4 is 12.1 Å². The van der Waals surface area contributed by atoms with Crippen LogP contribution in [0.2, 0.25) is 0 Å². The quantitative estimate of drug-likeness (QED) is 0.709. The number of nitrogens with zero attached hydrogens (tertiary/aromatic N) is 3. The number of aromatic nitrogens is 2. The van der Waals surface area contributed by atoms with Crippen LogP contribution in [-0.4, -0.2) is 56.8 Å². The summed E-state index contributed by atoms with van der Waals surface area (Å²) < 4.78 is 17.9. The average molecular weight is 403 g/mol. The Morgan fingerprint density at radius 1 is 1.31 bits per heavy atom. The van der Waals surface area contributed by atoms with Crippen molar-refractivity contribution in [3.8, 4) is 5.75 Å². The molecule has 1 saturated heterocycles. The van der Waals surface area contributed by atoms with Crippen LogP contribution in [-0.2, 0) is 22.6 Å². The zero-order valence-electron chi connectivity index (χ0n) is 16.7. The van der Waals surface area contributed by atoms with Crippen LogP contribution in [0.25, 0.3) is 0 Å². The van der Waals surface area contributed by atoms with Crippen molar-refractivity contribution in [2.45, 2.75) is 45.7 Å². The monoisotopic (exact) mass is 403 g/mol. The Morgan fingerprint density at radius 3 is 2.69 bits per heavy atom. The number of carbonyl (C=O) groups excluding carboxylic acids is 1. The molecule has 29 heavy (non-hydrogen) atoms. The Hall–Kier alpha value is -3.07. The van der Waals surface area contributed by atoms with Gasteiger partial charge in [-0.15, -0.1) is 0 Å². The Morgan fingerprint density at radius 2 is 2.03 bits per heavy atom. The van der Waals surface area contributed by atoms with Crippen LogP contribution >= 0.6 is 0 Å². The highest BCUT2D eigenvalue weighted by molar-refractivity contribution is 5.87. The van der Waals surface area contributed by atoms with Gasteiger partial charge in [-0.25, -0.2) is 9.59 Å². The van der Waals surface area contributed by atoms with Gasteiger partial charge in [-0.1, -0.05) is 18.2 Å². The molecule has 0 spiro atoms. The number of benzene rings is 1. The molecule has 1 aliphatic rings. The number of amides is 1. The zero-order chi connectivity index (χ0) is 21.0. The van der Waals surface area contributed by atoms with E-state index in [0.29, 0.717) is 11.4 Å². The number of carbonyl (C=O) groups is 2. The summed E-state index contributed by atoms with van der Waals surface area (Å²) in [5.41, 5.74) is -0.169. The highest BCUT2D eigenvalue weighted by Crippen LogP contribution is 2.28. The van der Waals surface area contributed by atoms with E-state index < -0.39 is 23.8 Å². The lowest BCUT2D eigenvalue weighted by molar-refractivity contribution is -0.0424. The number of rotatable bonds is 7. The summed E-state index contributed by atoms with van der Waals surface area (Å²) in [5.74, 6) is 0.161. The SMILES string of the molecule is CCOC(=O)c1cc(COc2ccccc2)nn1C[C@H]1COC(C)(C)N1C(=O)O. The van der Waals surface area contributed by atoms with E-state index in [0.717, 1.165) is 0 Å². The summed E-state index contributed by atoms with van der Waals surface area (Å²) in [6.07, 6.45) is -1.09. The minimum Gasteiger partial charge on any atom is -0.487 e. The molecule has 1 atom stereocenters. The first-order valence-corrected chi connectivity index (χ1v) is 9.39. The summed E-state index contributed by atoms with van der Waals surface area (Å²) >= 11 is 0. The van der Waals surface area contributed by atoms with Crippen LogP contribution < -0.4 is 4.74 Å². The molecule has 1 aromatic heterocycles. The molecular weight excluding hydrogens is 378 g/mol. The van der Waals surface area contributed by atoms with Crippen LogP contribution in [0.3, 0.4) is 0 Å². The summed E-state index contributed by atoms with van der Waals surface area (Å²) in [5, 5.41) is 14.0. The minimum atomic E-state index is -1.09. The zero-order valence-corrected chi connectivity index (χ0v) is 16.7. The molecule has 0 unspecified atom stereocenters. The molecule has 2 heterocycles. The van der Waals surface area contributed by atoms with Crippen LogP contribution in [0.1, 0.15) is 37.0 Å². The van der Waals surface area contributed by atoms with Crippen molar-refractivity contribution in [3.05, 3.63) is 47.8 Å². The van der Waals surface area contributed by atoms with Gasteiger partial charge in [0.25, 0.3) is 0 Å². The Bertz CT molecular complexity index is 864. The fourth-order valence-electron chi connectivity index (χ4n) is 3.33. The number of ether oxygens (including phenoxy) is 3. The van der Waals surface area contributed by atoms with Gasteiger partial charge in [0.1, 0.15) is 29.5 Å². The fourth-order valence-corrected chi connectivity index (χ4v) is 3.33. The lowest BCUT2D eigenvalue weighted by Crippen LogP contribution is -2.48. The topological polar surface area (TPSA) is 103 Å². The van der Waals surface area contributed by atoms with E-state index in [1.807, 2.05) is 30.3 Å². The van der Waals surface area contributed by atoms with Crippen molar-refractivity contribution in [3.63, 3.8) is 0 Å². The van der Waals surface area contributed by atoms with Gasteiger partial charge in [-0.05, 0) is 39.0 Å². The molecule has 1 amide bonds. The van der Waals surface area contributed by atoms with Gasteiger partial charge in [0, 0.05) is 0 Å². The standard InChI is InChI=1S/C20H25N3O6/c1-4-27-18(24)17-10-14(12-28-16-8-6-5-7-9-16)21-22(17)11-15-13-29-20(2,3)23(15)19(25)26/h5-10,15H,4,11-13H2,1-3H3,(H,25,26)/t15-/m0/s1. The summed E-state index contributed by atoms with van der Waals surface area (Å²) in [7, 11) is 0. The van der Waals surface area contributed by atoms with Gasteiger partial charge in [-0.2, -0.15) is 5.10 Å². The number of para-hydroxylation sites is 1. The number of hydrogen-bond donors (Lipinski definition) is 1. The van der Waals surface area contributed by atoms with Gasteiger partial charge in [0.15, 0.2) is 0 Å². The third-order valence-corrected chi connectivity index (χ3v) is 4.61. The molecule has 1 aliphatic heterocycles. The van der Waals surface area contributed by atoms with Crippen LogP contribution in [0.15, 0.2) is 36.4 Å². The predicted octanol–water partition coefficient (Wildman–Crippen LogP) is 2.75. The molecule has 1 aromatic carbocycles. The van der Waals surface area contributed by atoms with Crippen molar-refractivity contribution in [2.75, 3.05) is 13.2 Å². The third kappa shape index (κ3) is 4.68. The molecule has 0 radical (unpaired) electrons. The second-order valence-corrected chi connectivity index (χ2v) is 7.09. The molecule has 1 N–H and O–H groups in total. The summed E-state index contributed by atoms with van der Waals surface area (Å²) in [4.78, 5) is 25.3. The van der Waals surface area contributed by atoms with Crippen molar-refractivity contribution in [1.29, 1.82) is 0 Å². The average Bonchev–Trinajstić information content (AvgIpc) is 3.21. The maximum absolute atomic E-state index is 12.4. The van der Waals surface area contributed by atoms with Gasteiger partial charge in [0.2, 0.25) is 0 Å². The van der Waals surface area contributed by atoms with Crippen LogP contribution in [0.5, 0.6) is 5.75 Å².